The van der Waals surface area contributed by atoms with Crippen LogP contribution in [-0.4, -0.2) is 13.0 Å². The number of halogens is 2. The number of carbonyl (C=O) groups is 1. The Morgan fingerprint density at radius 2 is 2.14 bits per heavy atom. The van der Waals surface area contributed by atoms with Crippen LogP contribution in [0.15, 0.2) is 41.4 Å². The lowest BCUT2D eigenvalue weighted by Crippen LogP contribution is -2.26. The van der Waals surface area contributed by atoms with E-state index >= 15 is 0 Å². The first-order valence-electron chi connectivity index (χ1n) is 6.82. The van der Waals surface area contributed by atoms with E-state index in [0.717, 1.165) is 6.08 Å². The van der Waals surface area contributed by atoms with Crippen molar-refractivity contribution in [1.29, 1.82) is 0 Å². The highest BCUT2D eigenvalue weighted by atomic mass is 19.1. The molecule has 0 spiro atoms. The van der Waals surface area contributed by atoms with Gasteiger partial charge in [-0.1, -0.05) is 19.1 Å². The second kappa shape index (κ2) is 8.17. The Kier molecular flexibility index (Phi) is 6.56. The fourth-order valence-electron chi connectivity index (χ4n) is 1.74. The van der Waals surface area contributed by atoms with Crippen LogP contribution >= 0.6 is 0 Å². The SMILES string of the molecule is CC/C(F)=C\C(C(=O)NCc1cccc(OC)c1F)=C(/C)N. The van der Waals surface area contributed by atoms with Crippen molar-refractivity contribution in [2.24, 2.45) is 5.73 Å². The number of nitrogens with two attached hydrogens (primary N) is 1. The van der Waals surface area contributed by atoms with E-state index in [9.17, 15) is 13.6 Å². The molecule has 1 rings (SSSR count). The Morgan fingerprint density at radius 1 is 1.45 bits per heavy atom. The third-order valence-electron chi connectivity index (χ3n) is 3.01. The van der Waals surface area contributed by atoms with Crippen molar-refractivity contribution in [2.45, 2.75) is 26.8 Å². The smallest absolute Gasteiger partial charge is 0.253 e. The van der Waals surface area contributed by atoms with Crippen molar-refractivity contribution in [3.05, 3.63) is 52.8 Å². The Balaban J connectivity index is 2.87. The van der Waals surface area contributed by atoms with Crippen LogP contribution in [0.1, 0.15) is 25.8 Å². The number of hydrogen-bond donors (Lipinski definition) is 2. The van der Waals surface area contributed by atoms with Crippen LogP contribution in [0.4, 0.5) is 8.78 Å². The summed E-state index contributed by atoms with van der Waals surface area (Å²) in [5.74, 6) is -1.47. The zero-order chi connectivity index (χ0) is 16.7. The normalized spacial score (nSPS) is 12.7. The van der Waals surface area contributed by atoms with Gasteiger partial charge < -0.3 is 15.8 Å². The predicted octanol–water partition coefficient (Wildman–Crippen LogP) is 2.95. The fraction of sp³-hybridized carbons (Fsp3) is 0.312. The van der Waals surface area contributed by atoms with Crippen LogP contribution < -0.4 is 15.8 Å². The van der Waals surface area contributed by atoms with E-state index in [1.165, 1.54) is 26.2 Å². The van der Waals surface area contributed by atoms with Crippen LogP contribution in [-0.2, 0) is 11.3 Å². The first kappa shape index (κ1) is 17.7. The minimum absolute atomic E-state index is 0.0302. The number of carbonyl (C=O) groups excluding carboxylic acids is 1. The van der Waals surface area contributed by atoms with Gasteiger partial charge in [0.1, 0.15) is 5.83 Å². The molecule has 0 radical (unpaired) electrons. The van der Waals surface area contributed by atoms with Gasteiger partial charge in [0.2, 0.25) is 0 Å². The van der Waals surface area contributed by atoms with E-state index in [2.05, 4.69) is 5.32 Å². The second-order valence-corrected chi connectivity index (χ2v) is 4.66. The van der Waals surface area contributed by atoms with Gasteiger partial charge in [0, 0.05) is 17.8 Å². The Bertz CT molecular complexity index is 606. The third kappa shape index (κ3) is 4.58. The molecule has 0 aliphatic rings. The Labute approximate surface area is 128 Å². The molecule has 4 nitrogen and oxygen atoms in total. The molecule has 0 aromatic heterocycles. The quantitative estimate of drug-likeness (QED) is 0.627. The number of nitrogens with one attached hydrogen (secondary N) is 1. The van der Waals surface area contributed by atoms with E-state index in [0.29, 0.717) is 0 Å². The molecule has 0 aliphatic heterocycles. The molecule has 22 heavy (non-hydrogen) atoms. The molecule has 1 aromatic rings. The zero-order valence-electron chi connectivity index (χ0n) is 12.9. The molecule has 3 N–H and O–H groups in total. The van der Waals surface area contributed by atoms with Crippen LogP contribution in [0, 0.1) is 5.82 Å². The number of amides is 1. The predicted molar refractivity (Wildman–Crippen MR) is 81.2 cm³/mol. The summed E-state index contributed by atoms with van der Waals surface area (Å²) in [5.41, 5.74) is 6.08. The van der Waals surface area contributed by atoms with Crippen LogP contribution in [0.3, 0.4) is 0 Å². The Hall–Kier alpha value is -2.37. The van der Waals surface area contributed by atoms with Gasteiger partial charge in [-0.15, -0.1) is 0 Å². The molecule has 0 atom stereocenters. The van der Waals surface area contributed by atoms with Crippen molar-refractivity contribution in [3.8, 4) is 5.75 Å². The maximum absolute atomic E-state index is 14.0. The summed E-state index contributed by atoms with van der Waals surface area (Å²) < 4.78 is 32.2. The molecule has 0 saturated carbocycles. The molecule has 1 aromatic carbocycles. The number of allylic oxidation sites excluding steroid dienone is 2. The topological polar surface area (TPSA) is 64.3 Å². The maximum Gasteiger partial charge on any atom is 0.253 e. The van der Waals surface area contributed by atoms with Gasteiger partial charge in [0.25, 0.3) is 5.91 Å². The van der Waals surface area contributed by atoms with E-state index in [-0.39, 0.29) is 35.5 Å². The molecule has 0 unspecified atom stereocenters. The average molecular weight is 310 g/mol. The van der Waals surface area contributed by atoms with E-state index < -0.39 is 17.6 Å². The monoisotopic (exact) mass is 310 g/mol. The van der Waals surface area contributed by atoms with Gasteiger partial charge in [-0.05, 0) is 25.5 Å². The third-order valence-corrected chi connectivity index (χ3v) is 3.01. The first-order valence-corrected chi connectivity index (χ1v) is 6.82. The molecule has 0 saturated heterocycles. The standard InChI is InChI=1S/C16H20F2N2O2/c1-4-12(17)8-13(10(2)19)16(21)20-9-11-6-5-7-14(22-3)15(11)18/h5-8H,4,9,19H2,1-3H3,(H,20,21)/b12-8+,13-10-. The highest BCUT2D eigenvalue weighted by Crippen LogP contribution is 2.20. The Morgan fingerprint density at radius 3 is 2.68 bits per heavy atom. The van der Waals surface area contributed by atoms with Crippen molar-refractivity contribution >= 4 is 5.91 Å². The number of ether oxygens (including phenoxy) is 1. The van der Waals surface area contributed by atoms with E-state index in [4.69, 9.17) is 10.5 Å². The molecular formula is C16H20F2N2O2. The lowest BCUT2D eigenvalue weighted by atomic mass is 10.1. The molecular weight excluding hydrogens is 290 g/mol. The van der Waals surface area contributed by atoms with Crippen LogP contribution in [0.5, 0.6) is 5.75 Å². The maximum atomic E-state index is 14.0. The minimum Gasteiger partial charge on any atom is -0.494 e. The molecule has 0 aliphatic carbocycles. The van der Waals surface area contributed by atoms with Crippen molar-refractivity contribution in [2.75, 3.05) is 7.11 Å². The second-order valence-electron chi connectivity index (χ2n) is 4.66. The lowest BCUT2D eigenvalue weighted by molar-refractivity contribution is -0.117. The molecule has 6 heteroatoms. The zero-order valence-corrected chi connectivity index (χ0v) is 12.9. The molecule has 120 valence electrons. The van der Waals surface area contributed by atoms with Gasteiger partial charge in [-0.3, -0.25) is 4.79 Å². The molecule has 0 bridgehead atoms. The highest BCUT2D eigenvalue weighted by molar-refractivity contribution is 5.96. The first-order chi connectivity index (χ1) is 10.4. The van der Waals surface area contributed by atoms with Gasteiger partial charge in [-0.25, -0.2) is 8.78 Å². The number of benzene rings is 1. The number of rotatable bonds is 6. The van der Waals surface area contributed by atoms with Crippen molar-refractivity contribution in [3.63, 3.8) is 0 Å². The van der Waals surface area contributed by atoms with Crippen LogP contribution in [0.25, 0.3) is 0 Å². The summed E-state index contributed by atoms with van der Waals surface area (Å²) in [6.45, 7) is 3.07. The molecule has 0 heterocycles. The fourth-order valence-corrected chi connectivity index (χ4v) is 1.74. The van der Waals surface area contributed by atoms with Gasteiger partial charge >= 0.3 is 0 Å². The van der Waals surface area contributed by atoms with Gasteiger partial charge in [0.05, 0.1) is 12.7 Å². The summed E-state index contributed by atoms with van der Waals surface area (Å²) >= 11 is 0. The highest BCUT2D eigenvalue weighted by Gasteiger charge is 2.13. The van der Waals surface area contributed by atoms with E-state index in [1.807, 2.05) is 0 Å². The summed E-state index contributed by atoms with van der Waals surface area (Å²) in [5, 5.41) is 2.52. The van der Waals surface area contributed by atoms with Gasteiger partial charge in [0.15, 0.2) is 11.6 Å². The summed E-state index contributed by atoms with van der Waals surface area (Å²) in [6, 6.07) is 4.62. The molecule has 0 fully saturated rings. The van der Waals surface area contributed by atoms with Crippen molar-refractivity contribution in [1.82, 2.24) is 5.32 Å². The van der Waals surface area contributed by atoms with Gasteiger partial charge in [-0.2, -0.15) is 0 Å². The summed E-state index contributed by atoms with van der Waals surface area (Å²) in [4.78, 5) is 12.1. The minimum atomic E-state index is -0.564. The van der Waals surface area contributed by atoms with E-state index in [1.54, 1.807) is 13.0 Å². The number of hydrogen-bond acceptors (Lipinski definition) is 3. The average Bonchev–Trinajstić information content (AvgIpc) is 2.50. The number of methoxy groups -OCH3 is 1. The van der Waals surface area contributed by atoms with Crippen molar-refractivity contribution < 1.29 is 18.3 Å². The molecule has 1 amide bonds. The largest absolute Gasteiger partial charge is 0.494 e. The lowest BCUT2D eigenvalue weighted by Gasteiger charge is -2.10. The van der Waals surface area contributed by atoms with Crippen LogP contribution in [0.2, 0.25) is 0 Å². The summed E-state index contributed by atoms with van der Waals surface area (Å²) in [6.07, 6.45) is 1.25. The summed E-state index contributed by atoms with van der Waals surface area (Å²) in [7, 11) is 1.36.